The van der Waals surface area contributed by atoms with Gasteiger partial charge in [0, 0.05) is 7.11 Å². The Hall–Kier alpha value is -0.120. The number of ether oxygens (including phenoxy) is 1. The lowest BCUT2D eigenvalue weighted by atomic mass is 10.6. The highest BCUT2D eigenvalue weighted by atomic mass is 16.5. The summed E-state index contributed by atoms with van der Waals surface area (Å²) in [6.07, 6.45) is -0.569. The molecule has 0 aliphatic rings. The van der Waals surface area contributed by atoms with Gasteiger partial charge in [0.25, 0.3) is 0 Å². The van der Waals surface area contributed by atoms with Crippen LogP contribution in [0.3, 0.4) is 0 Å². The summed E-state index contributed by atoms with van der Waals surface area (Å²) >= 11 is 0. The van der Waals surface area contributed by atoms with Gasteiger partial charge in [-0.05, 0) is 13.8 Å². The maximum Gasteiger partial charge on any atom is 0.106 e. The zero-order valence-corrected chi connectivity index (χ0v) is 5.51. The van der Waals surface area contributed by atoms with E-state index in [1.807, 2.05) is 6.92 Å². The molecular weight excluding hydrogens is 106 g/mol. The van der Waals surface area contributed by atoms with Crippen LogP contribution in [0.25, 0.3) is 0 Å². The van der Waals surface area contributed by atoms with Gasteiger partial charge in [0.15, 0.2) is 0 Å². The number of aliphatic hydroxyl groups excluding tert-OH is 1. The van der Waals surface area contributed by atoms with Crippen molar-refractivity contribution in [2.45, 2.75) is 26.3 Å². The molecular formula is C5H13NO2. The fourth-order valence-corrected chi connectivity index (χ4v) is 0.408. The van der Waals surface area contributed by atoms with Gasteiger partial charge in [0.05, 0.1) is 0 Å². The lowest BCUT2D eigenvalue weighted by molar-refractivity contribution is 0.0302. The monoisotopic (exact) mass is 119 g/mol. The third kappa shape index (κ3) is 4.05. The van der Waals surface area contributed by atoms with Crippen molar-refractivity contribution in [2.24, 2.45) is 0 Å². The first kappa shape index (κ1) is 7.88. The van der Waals surface area contributed by atoms with Gasteiger partial charge in [-0.15, -0.1) is 0 Å². The number of rotatable bonds is 3. The van der Waals surface area contributed by atoms with E-state index in [0.29, 0.717) is 0 Å². The molecule has 3 nitrogen and oxygen atoms in total. The van der Waals surface area contributed by atoms with Gasteiger partial charge < -0.3 is 9.84 Å². The van der Waals surface area contributed by atoms with Gasteiger partial charge in [0.1, 0.15) is 12.5 Å². The first-order valence-corrected chi connectivity index (χ1v) is 2.63. The van der Waals surface area contributed by atoms with Crippen LogP contribution in [0.4, 0.5) is 0 Å². The number of aliphatic hydroxyl groups is 1. The maximum absolute atomic E-state index is 8.66. The lowest BCUT2D eigenvalue weighted by Gasteiger charge is -2.13. The molecule has 2 N–H and O–H groups in total. The Balaban J connectivity index is 3.10. The number of methoxy groups -OCH3 is 1. The molecule has 0 amide bonds. The van der Waals surface area contributed by atoms with Crippen molar-refractivity contribution in [3.63, 3.8) is 0 Å². The Bertz CT molecular complexity index is 56.4. The van der Waals surface area contributed by atoms with E-state index in [4.69, 9.17) is 9.84 Å². The summed E-state index contributed by atoms with van der Waals surface area (Å²) in [5.74, 6) is 0. The van der Waals surface area contributed by atoms with Crippen LogP contribution in [-0.4, -0.2) is 24.7 Å². The van der Waals surface area contributed by atoms with Crippen molar-refractivity contribution >= 4 is 0 Å². The summed E-state index contributed by atoms with van der Waals surface area (Å²) in [4.78, 5) is 0. The van der Waals surface area contributed by atoms with Gasteiger partial charge in [-0.3, -0.25) is 5.32 Å². The molecule has 0 spiro atoms. The summed E-state index contributed by atoms with van der Waals surface area (Å²) < 4.78 is 4.79. The number of nitrogens with one attached hydrogen (secondary N) is 1. The largest absolute Gasteiger partial charge is 0.379 e. The van der Waals surface area contributed by atoms with Gasteiger partial charge in [-0.1, -0.05) is 0 Å². The van der Waals surface area contributed by atoms with Crippen molar-refractivity contribution in [2.75, 3.05) is 7.11 Å². The smallest absolute Gasteiger partial charge is 0.106 e. The van der Waals surface area contributed by atoms with Gasteiger partial charge in [-0.25, -0.2) is 0 Å². The van der Waals surface area contributed by atoms with Crippen LogP contribution in [0.15, 0.2) is 0 Å². The van der Waals surface area contributed by atoms with Crippen molar-refractivity contribution in [1.29, 1.82) is 0 Å². The second kappa shape index (κ2) is 3.83. The van der Waals surface area contributed by atoms with E-state index in [-0.39, 0.29) is 6.23 Å². The quantitative estimate of drug-likeness (QED) is 0.510. The molecule has 0 aromatic carbocycles. The van der Waals surface area contributed by atoms with Crippen LogP contribution in [0.2, 0.25) is 0 Å². The van der Waals surface area contributed by atoms with Crippen LogP contribution in [-0.2, 0) is 4.74 Å². The van der Waals surface area contributed by atoms with Crippen LogP contribution in [0, 0.1) is 0 Å². The van der Waals surface area contributed by atoms with Crippen LogP contribution in [0.5, 0.6) is 0 Å². The molecule has 0 saturated carbocycles. The highest BCUT2D eigenvalue weighted by molar-refractivity contribution is 4.45. The normalized spacial score (nSPS) is 18.0. The Kier molecular flexibility index (Phi) is 3.77. The summed E-state index contributed by atoms with van der Waals surface area (Å²) in [6, 6.07) is 0. The van der Waals surface area contributed by atoms with E-state index in [9.17, 15) is 0 Å². The van der Waals surface area contributed by atoms with E-state index >= 15 is 0 Å². The fraction of sp³-hybridized carbons (Fsp3) is 1.00. The Morgan fingerprint density at radius 2 is 2.00 bits per heavy atom. The molecule has 50 valence electrons. The second-order valence-electron chi connectivity index (χ2n) is 1.72. The topological polar surface area (TPSA) is 41.5 Å². The highest BCUT2D eigenvalue weighted by Crippen LogP contribution is 1.81. The Morgan fingerprint density at radius 3 is 2.12 bits per heavy atom. The first-order chi connectivity index (χ1) is 3.66. The molecule has 0 heterocycles. The molecule has 0 aromatic rings. The molecule has 2 unspecified atom stereocenters. The summed E-state index contributed by atoms with van der Waals surface area (Å²) in [5.41, 5.74) is 0. The third-order valence-electron chi connectivity index (χ3n) is 0.829. The molecule has 0 bridgehead atoms. The van der Waals surface area contributed by atoms with Gasteiger partial charge >= 0.3 is 0 Å². The SMILES string of the molecule is COC(C)NC(C)O. The molecule has 8 heavy (non-hydrogen) atoms. The second-order valence-corrected chi connectivity index (χ2v) is 1.72. The zero-order chi connectivity index (χ0) is 6.57. The molecule has 2 atom stereocenters. The number of hydrogen-bond donors (Lipinski definition) is 2. The van der Waals surface area contributed by atoms with Crippen molar-refractivity contribution in [3.8, 4) is 0 Å². The van der Waals surface area contributed by atoms with Crippen molar-refractivity contribution in [3.05, 3.63) is 0 Å². The van der Waals surface area contributed by atoms with Crippen LogP contribution in [0.1, 0.15) is 13.8 Å². The molecule has 0 fully saturated rings. The van der Waals surface area contributed by atoms with E-state index in [1.165, 1.54) is 0 Å². The van der Waals surface area contributed by atoms with Gasteiger partial charge in [0.2, 0.25) is 0 Å². The van der Waals surface area contributed by atoms with Crippen LogP contribution >= 0.6 is 0 Å². The number of hydrogen-bond acceptors (Lipinski definition) is 3. The minimum absolute atomic E-state index is 0.0741. The first-order valence-electron chi connectivity index (χ1n) is 2.63. The van der Waals surface area contributed by atoms with E-state index in [0.717, 1.165) is 0 Å². The summed E-state index contributed by atoms with van der Waals surface area (Å²) in [6.45, 7) is 3.47. The zero-order valence-electron chi connectivity index (χ0n) is 5.51. The highest BCUT2D eigenvalue weighted by Gasteiger charge is 1.99. The average Bonchev–Trinajstić information content (AvgIpc) is 1.65. The minimum Gasteiger partial charge on any atom is -0.379 e. The van der Waals surface area contributed by atoms with E-state index < -0.39 is 6.23 Å². The predicted molar refractivity (Wildman–Crippen MR) is 31.3 cm³/mol. The fourth-order valence-electron chi connectivity index (χ4n) is 0.408. The molecule has 0 aromatic heterocycles. The van der Waals surface area contributed by atoms with Crippen LogP contribution < -0.4 is 5.32 Å². The van der Waals surface area contributed by atoms with Crippen molar-refractivity contribution < 1.29 is 9.84 Å². The van der Waals surface area contributed by atoms with E-state index in [1.54, 1.807) is 14.0 Å². The van der Waals surface area contributed by atoms with Gasteiger partial charge in [-0.2, -0.15) is 0 Å². The molecule has 0 saturated heterocycles. The standard InChI is InChI=1S/C5H13NO2/c1-4(7)6-5(2)8-3/h4-7H,1-3H3. The minimum atomic E-state index is -0.495. The molecule has 3 heteroatoms. The third-order valence-corrected chi connectivity index (χ3v) is 0.829. The molecule has 0 aliphatic heterocycles. The summed E-state index contributed by atoms with van der Waals surface area (Å²) in [5, 5.41) is 11.4. The summed E-state index contributed by atoms with van der Waals surface area (Å²) in [7, 11) is 1.58. The Labute approximate surface area is 49.7 Å². The molecule has 0 aliphatic carbocycles. The lowest BCUT2D eigenvalue weighted by Crippen LogP contribution is -2.35. The molecule has 0 rings (SSSR count). The Morgan fingerprint density at radius 1 is 1.50 bits per heavy atom. The van der Waals surface area contributed by atoms with Crippen molar-refractivity contribution in [1.82, 2.24) is 5.32 Å². The average molecular weight is 119 g/mol. The predicted octanol–water partition coefficient (Wildman–Crippen LogP) is -0.0933. The molecule has 0 radical (unpaired) electrons. The maximum atomic E-state index is 8.66. The van der Waals surface area contributed by atoms with E-state index in [2.05, 4.69) is 5.32 Å².